The van der Waals surface area contributed by atoms with Crippen molar-refractivity contribution in [2.24, 2.45) is 0 Å². The van der Waals surface area contributed by atoms with Gasteiger partial charge in [0.25, 0.3) is 0 Å². The van der Waals surface area contributed by atoms with Crippen molar-refractivity contribution in [3.8, 4) is 0 Å². The van der Waals surface area contributed by atoms with E-state index < -0.39 is 0 Å². The lowest BCUT2D eigenvalue weighted by Gasteiger charge is -2.24. The van der Waals surface area contributed by atoms with Crippen LogP contribution in [0.25, 0.3) is 16.5 Å². The maximum Gasteiger partial charge on any atom is 0.341 e. The zero-order valence-corrected chi connectivity index (χ0v) is 15.3. The molecule has 2 unspecified atom stereocenters. The summed E-state index contributed by atoms with van der Waals surface area (Å²) in [5.74, 6) is -0.369. The zero-order valence-electron chi connectivity index (χ0n) is 15.3. The highest BCUT2D eigenvalue weighted by molar-refractivity contribution is 6.17. The number of rotatable bonds is 3. The van der Waals surface area contributed by atoms with Crippen molar-refractivity contribution in [2.75, 3.05) is 19.8 Å². The van der Waals surface area contributed by atoms with Gasteiger partial charge in [-0.3, -0.25) is 0 Å². The van der Waals surface area contributed by atoms with E-state index in [4.69, 9.17) is 14.2 Å². The quantitative estimate of drug-likeness (QED) is 0.828. The average molecular weight is 356 g/mol. The van der Waals surface area contributed by atoms with Crippen LogP contribution in [0.5, 0.6) is 0 Å². The highest BCUT2D eigenvalue weighted by Crippen LogP contribution is 2.38. The monoisotopic (exact) mass is 356 g/mol. The van der Waals surface area contributed by atoms with Crippen molar-refractivity contribution >= 4 is 22.4 Å². The lowest BCUT2D eigenvalue weighted by Crippen LogP contribution is -2.29. The van der Waals surface area contributed by atoms with Gasteiger partial charge in [0, 0.05) is 29.1 Å². The first-order chi connectivity index (χ1) is 12.5. The number of para-hydroxylation sites is 1. The van der Waals surface area contributed by atoms with E-state index >= 15 is 0 Å². The Morgan fingerprint density at radius 1 is 1.35 bits per heavy atom. The van der Waals surface area contributed by atoms with Gasteiger partial charge in [0.15, 0.2) is 6.29 Å². The number of benzene rings is 1. The highest BCUT2D eigenvalue weighted by Gasteiger charge is 2.33. The number of nitrogens with one attached hydrogen (secondary N) is 2. The molecule has 2 N–H and O–H groups in total. The summed E-state index contributed by atoms with van der Waals surface area (Å²) in [6.07, 6.45) is 1.28. The standard InChI is InChI=1S/C20H24N2O4/c1-12-24-9-13(26-12)10-25-19(23)15-8-21-11-20(2,3)17-14-6-4-5-7-16(14)22-18(15)17/h4-8,12-13,21-22H,9-11H2,1-3H3. The fourth-order valence-electron chi connectivity index (χ4n) is 3.70. The molecule has 138 valence electrons. The molecule has 2 aliphatic heterocycles. The van der Waals surface area contributed by atoms with Crippen LogP contribution in [0.3, 0.4) is 0 Å². The number of hydrogen-bond donors (Lipinski definition) is 2. The summed E-state index contributed by atoms with van der Waals surface area (Å²) < 4.78 is 16.4. The van der Waals surface area contributed by atoms with Crippen molar-refractivity contribution in [3.05, 3.63) is 41.7 Å². The number of carbonyl (C=O) groups excluding carboxylic acids is 1. The van der Waals surface area contributed by atoms with Gasteiger partial charge in [-0.25, -0.2) is 4.79 Å². The van der Waals surface area contributed by atoms with Gasteiger partial charge in [-0.2, -0.15) is 0 Å². The van der Waals surface area contributed by atoms with E-state index in [2.05, 4.69) is 30.2 Å². The molecule has 0 bridgehead atoms. The molecule has 2 aliphatic rings. The fraction of sp³-hybridized carbons (Fsp3) is 0.450. The molecule has 3 heterocycles. The third-order valence-electron chi connectivity index (χ3n) is 4.96. The first-order valence-corrected chi connectivity index (χ1v) is 8.95. The molecule has 0 amide bonds. The van der Waals surface area contributed by atoms with Crippen LogP contribution in [0.4, 0.5) is 0 Å². The molecule has 6 nitrogen and oxygen atoms in total. The molecule has 1 aromatic carbocycles. The number of aromatic nitrogens is 1. The molecule has 0 spiro atoms. The Hall–Kier alpha value is -2.31. The number of fused-ring (bicyclic) bond motifs is 3. The molecule has 26 heavy (non-hydrogen) atoms. The Morgan fingerprint density at radius 3 is 2.92 bits per heavy atom. The Labute approximate surface area is 152 Å². The summed E-state index contributed by atoms with van der Waals surface area (Å²) in [5.41, 5.74) is 3.35. The van der Waals surface area contributed by atoms with E-state index in [1.165, 1.54) is 0 Å². The second-order valence-electron chi connectivity index (χ2n) is 7.50. The summed E-state index contributed by atoms with van der Waals surface area (Å²) in [4.78, 5) is 16.2. The molecular formula is C20H24N2O4. The number of ether oxygens (including phenoxy) is 3. The maximum atomic E-state index is 12.8. The van der Waals surface area contributed by atoms with Gasteiger partial charge in [0.2, 0.25) is 0 Å². The summed E-state index contributed by atoms with van der Waals surface area (Å²) in [5, 5.41) is 4.40. The third-order valence-corrected chi connectivity index (χ3v) is 4.96. The number of carbonyl (C=O) groups is 1. The zero-order chi connectivity index (χ0) is 18.3. The smallest absolute Gasteiger partial charge is 0.341 e. The van der Waals surface area contributed by atoms with Crippen LogP contribution in [0, 0.1) is 0 Å². The molecule has 2 aromatic rings. The lowest BCUT2D eigenvalue weighted by molar-refractivity contribution is -0.140. The van der Waals surface area contributed by atoms with E-state index in [0.29, 0.717) is 12.2 Å². The molecule has 0 radical (unpaired) electrons. The molecule has 1 aromatic heterocycles. The molecular weight excluding hydrogens is 332 g/mol. The number of hydrogen-bond acceptors (Lipinski definition) is 5. The van der Waals surface area contributed by atoms with Gasteiger partial charge < -0.3 is 24.5 Å². The van der Waals surface area contributed by atoms with Crippen molar-refractivity contribution in [2.45, 2.75) is 38.6 Å². The molecule has 6 heteroatoms. The predicted octanol–water partition coefficient (Wildman–Crippen LogP) is 2.69. The second-order valence-corrected chi connectivity index (χ2v) is 7.50. The first kappa shape index (κ1) is 17.1. The number of aromatic amines is 1. The maximum absolute atomic E-state index is 12.8. The summed E-state index contributed by atoms with van der Waals surface area (Å²) in [6.45, 7) is 7.53. The third kappa shape index (κ3) is 2.99. The van der Waals surface area contributed by atoms with Crippen molar-refractivity contribution in [1.29, 1.82) is 0 Å². The van der Waals surface area contributed by atoms with E-state index in [0.717, 1.165) is 28.7 Å². The Bertz CT molecular complexity index is 868. The van der Waals surface area contributed by atoms with E-state index in [1.54, 1.807) is 6.20 Å². The van der Waals surface area contributed by atoms with E-state index in [-0.39, 0.29) is 30.4 Å². The molecule has 2 atom stereocenters. The normalized spacial score (nSPS) is 24.5. The largest absolute Gasteiger partial charge is 0.459 e. The SMILES string of the molecule is CC1OCC(COC(=O)C2=CNCC(C)(C)c3c2[nH]c2ccccc32)O1. The van der Waals surface area contributed by atoms with Crippen LogP contribution in [0.1, 0.15) is 32.0 Å². The van der Waals surface area contributed by atoms with Crippen LogP contribution in [0.15, 0.2) is 30.5 Å². The van der Waals surface area contributed by atoms with Crippen molar-refractivity contribution in [3.63, 3.8) is 0 Å². The molecule has 0 aliphatic carbocycles. The Morgan fingerprint density at radius 2 is 2.15 bits per heavy atom. The topological polar surface area (TPSA) is 72.6 Å². The van der Waals surface area contributed by atoms with E-state index in [1.807, 2.05) is 25.1 Å². The molecule has 1 saturated heterocycles. The summed E-state index contributed by atoms with van der Waals surface area (Å²) >= 11 is 0. The molecule has 1 fully saturated rings. The van der Waals surface area contributed by atoms with Crippen molar-refractivity contribution < 1.29 is 19.0 Å². The van der Waals surface area contributed by atoms with Gasteiger partial charge in [-0.1, -0.05) is 32.0 Å². The first-order valence-electron chi connectivity index (χ1n) is 8.95. The van der Waals surface area contributed by atoms with Gasteiger partial charge in [0.05, 0.1) is 17.9 Å². The lowest BCUT2D eigenvalue weighted by atomic mass is 9.82. The van der Waals surface area contributed by atoms with Crippen LogP contribution < -0.4 is 5.32 Å². The van der Waals surface area contributed by atoms with Gasteiger partial charge in [-0.15, -0.1) is 0 Å². The van der Waals surface area contributed by atoms with E-state index in [9.17, 15) is 4.79 Å². The van der Waals surface area contributed by atoms with Crippen LogP contribution in [0.2, 0.25) is 0 Å². The average Bonchev–Trinajstić information content (AvgIpc) is 3.16. The van der Waals surface area contributed by atoms with Gasteiger partial charge in [0.1, 0.15) is 12.7 Å². The minimum Gasteiger partial charge on any atom is -0.459 e. The highest BCUT2D eigenvalue weighted by atomic mass is 16.7. The summed E-state index contributed by atoms with van der Waals surface area (Å²) in [6, 6.07) is 8.13. The second kappa shape index (κ2) is 6.45. The minimum atomic E-state index is -0.369. The predicted molar refractivity (Wildman–Crippen MR) is 98.6 cm³/mol. The minimum absolute atomic E-state index is 0.134. The van der Waals surface area contributed by atoms with Gasteiger partial charge in [-0.05, 0) is 18.6 Å². The molecule has 4 rings (SSSR count). The van der Waals surface area contributed by atoms with Crippen LogP contribution in [-0.2, 0) is 24.4 Å². The Kier molecular flexibility index (Phi) is 4.25. The summed E-state index contributed by atoms with van der Waals surface area (Å²) in [7, 11) is 0. The van der Waals surface area contributed by atoms with Gasteiger partial charge >= 0.3 is 5.97 Å². The number of esters is 1. The molecule has 0 saturated carbocycles. The van der Waals surface area contributed by atoms with Crippen LogP contribution >= 0.6 is 0 Å². The van der Waals surface area contributed by atoms with Crippen LogP contribution in [-0.4, -0.2) is 43.1 Å². The van der Waals surface area contributed by atoms with Crippen molar-refractivity contribution in [1.82, 2.24) is 10.3 Å². The Balaban J connectivity index is 1.64. The fourth-order valence-corrected chi connectivity index (χ4v) is 3.70. The number of H-pyrrole nitrogens is 1.